The Hall–Kier alpha value is -0.770. The number of benzene rings is 2. The summed E-state index contributed by atoms with van der Waals surface area (Å²) < 4.78 is 0. The van der Waals surface area contributed by atoms with Gasteiger partial charge in [-0.25, -0.2) is 0 Å². The topological polar surface area (TPSA) is 32.3 Å². The second-order valence-corrected chi connectivity index (χ2v) is 6.08. The molecule has 0 aliphatic rings. The third kappa shape index (κ3) is 4.35. The summed E-state index contributed by atoms with van der Waals surface area (Å²) in [4.78, 5) is 0. The molecule has 2 aromatic rings. The van der Waals surface area contributed by atoms with E-state index in [0.717, 1.165) is 5.56 Å². The predicted molar refractivity (Wildman–Crippen MR) is 89.3 cm³/mol. The maximum Gasteiger partial charge on any atom is 0.0929 e. The van der Waals surface area contributed by atoms with Crippen LogP contribution in [-0.4, -0.2) is 11.7 Å². The minimum atomic E-state index is -0.735. The fourth-order valence-electron chi connectivity index (χ4n) is 2.10. The van der Waals surface area contributed by atoms with E-state index in [0.29, 0.717) is 27.2 Å². The molecule has 5 heteroatoms. The third-order valence-corrected chi connectivity index (χ3v) is 4.23. The van der Waals surface area contributed by atoms with Crippen molar-refractivity contribution in [2.45, 2.75) is 19.1 Å². The Kier molecular flexibility index (Phi) is 5.91. The number of hydrogen-bond donors (Lipinski definition) is 2. The highest BCUT2D eigenvalue weighted by Crippen LogP contribution is 2.27. The lowest BCUT2D eigenvalue weighted by Gasteiger charge is -2.19. The first-order valence-corrected chi connectivity index (χ1v) is 7.73. The van der Waals surface area contributed by atoms with Crippen molar-refractivity contribution in [3.05, 3.63) is 68.7 Å². The van der Waals surface area contributed by atoms with Crippen molar-refractivity contribution in [1.82, 2.24) is 5.32 Å². The molecule has 2 nitrogen and oxygen atoms in total. The summed E-state index contributed by atoms with van der Waals surface area (Å²) in [6.07, 6.45) is -0.735. The second-order valence-electron chi connectivity index (χ2n) is 4.83. The van der Waals surface area contributed by atoms with Gasteiger partial charge in [0.15, 0.2) is 0 Å². The monoisotopic (exact) mass is 343 g/mol. The Balaban J connectivity index is 2.02. The molecular formula is C16H16Cl3NO. The van der Waals surface area contributed by atoms with E-state index < -0.39 is 6.10 Å². The Bertz CT molecular complexity index is 618. The average molecular weight is 345 g/mol. The van der Waals surface area contributed by atoms with Crippen LogP contribution in [0.3, 0.4) is 0 Å². The van der Waals surface area contributed by atoms with E-state index in [2.05, 4.69) is 5.32 Å². The van der Waals surface area contributed by atoms with Crippen molar-refractivity contribution in [2.75, 3.05) is 6.54 Å². The first-order valence-electron chi connectivity index (χ1n) is 6.60. The summed E-state index contributed by atoms with van der Waals surface area (Å²) in [5.74, 6) is 0. The number of halogens is 3. The van der Waals surface area contributed by atoms with E-state index in [1.54, 1.807) is 18.2 Å². The van der Waals surface area contributed by atoms with Crippen LogP contribution < -0.4 is 5.32 Å². The molecule has 2 unspecified atom stereocenters. The van der Waals surface area contributed by atoms with Crippen LogP contribution in [0.4, 0.5) is 0 Å². The molecule has 2 aromatic carbocycles. The molecule has 0 saturated carbocycles. The SMILES string of the molecule is CC(NCC(O)c1cc(Cl)ccc1Cl)c1ccccc1Cl. The van der Waals surface area contributed by atoms with E-state index in [-0.39, 0.29) is 6.04 Å². The number of rotatable bonds is 5. The molecule has 2 N–H and O–H groups in total. The van der Waals surface area contributed by atoms with Gasteiger partial charge in [0, 0.05) is 33.2 Å². The summed E-state index contributed by atoms with van der Waals surface area (Å²) in [5, 5.41) is 15.3. The second kappa shape index (κ2) is 7.48. The number of aliphatic hydroxyl groups is 1. The molecule has 0 heterocycles. The summed E-state index contributed by atoms with van der Waals surface area (Å²) in [5.41, 5.74) is 1.60. The molecule has 0 radical (unpaired) electrons. The summed E-state index contributed by atoms with van der Waals surface area (Å²) in [6, 6.07) is 12.7. The fraction of sp³-hybridized carbons (Fsp3) is 0.250. The third-order valence-electron chi connectivity index (χ3n) is 3.31. The van der Waals surface area contributed by atoms with E-state index in [1.807, 2.05) is 31.2 Å². The molecule has 0 spiro atoms. The highest BCUT2D eigenvalue weighted by molar-refractivity contribution is 6.33. The molecule has 2 rings (SSSR count). The fourth-order valence-corrected chi connectivity index (χ4v) is 2.83. The molecule has 112 valence electrons. The number of hydrogen-bond acceptors (Lipinski definition) is 2. The van der Waals surface area contributed by atoms with Crippen LogP contribution in [0.1, 0.15) is 30.2 Å². The average Bonchev–Trinajstić information content (AvgIpc) is 2.47. The standard InChI is InChI=1S/C16H16Cl3NO/c1-10(12-4-2-3-5-14(12)18)20-9-16(21)13-8-11(17)6-7-15(13)19/h2-8,10,16,20-21H,9H2,1H3. The van der Waals surface area contributed by atoms with Crippen molar-refractivity contribution in [3.63, 3.8) is 0 Å². The van der Waals surface area contributed by atoms with Crippen LogP contribution in [0.15, 0.2) is 42.5 Å². The lowest BCUT2D eigenvalue weighted by atomic mass is 10.1. The zero-order chi connectivity index (χ0) is 15.4. The Morgan fingerprint density at radius 2 is 1.67 bits per heavy atom. The molecule has 0 fully saturated rings. The highest BCUT2D eigenvalue weighted by atomic mass is 35.5. The minimum Gasteiger partial charge on any atom is -0.387 e. The maximum atomic E-state index is 10.3. The molecule has 0 aromatic heterocycles. The lowest BCUT2D eigenvalue weighted by Crippen LogP contribution is -2.25. The minimum absolute atomic E-state index is 0.0197. The van der Waals surface area contributed by atoms with Gasteiger partial charge in [-0.05, 0) is 36.8 Å². The van der Waals surface area contributed by atoms with Crippen LogP contribution in [0.25, 0.3) is 0 Å². The van der Waals surface area contributed by atoms with Crippen LogP contribution in [0, 0.1) is 0 Å². The van der Waals surface area contributed by atoms with Crippen LogP contribution in [0.2, 0.25) is 15.1 Å². The quantitative estimate of drug-likeness (QED) is 0.797. The van der Waals surface area contributed by atoms with Gasteiger partial charge in [-0.15, -0.1) is 0 Å². The van der Waals surface area contributed by atoms with E-state index in [1.165, 1.54) is 0 Å². The van der Waals surface area contributed by atoms with Gasteiger partial charge in [-0.1, -0.05) is 53.0 Å². The summed E-state index contributed by atoms with van der Waals surface area (Å²) in [6.45, 7) is 2.35. The largest absolute Gasteiger partial charge is 0.387 e. The van der Waals surface area contributed by atoms with Crippen molar-refractivity contribution in [2.24, 2.45) is 0 Å². The van der Waals surface area contributed by atoms with E-state index in [4.69, 9.17) is 34.8 Å². The van der Waals surface area contributed by atoms with Gasteiger partial charge < -0.3 is 10.4 Å². The normalized spacial score (nSPS) is 14.0. The van der Waals surface area contributed by atoms with Gasteiger partial charge in [-0.2, -0.15) is 0 Å². The zero-order valence-corrected chi connectivity index (χ0v) is 13.8. The molecule has 2 atom stereocenters. The molecule has 0 aliphatic heterocycles. The summed E-state index contributed by atoms with van der Waals surface area (Å²) in [7, 11) is 0. The number of aliphatic hydroxyl groups excluding tert-OH is 1. The Morgan fingerprint density at radius 3 is 2.38 bits per heavy atom. The molecule has 0 aliphatic carbocycles. The van der Waals surface area contributed by atoms with Crippen molar-refractivity contribution in [1.29, 1.82) is 0 Å². The van der Waals surface area contributed by atoms with Crippen LogP contribution >= 0.6 is 34.8 Å². The van der Waals surface area contributed by atoms with Crippen molar-refractivity contribution >= 4 is 34.8 Å². The van der Waals surface area contributed by atoms with E-state index >= 15 is 0 Å². The number of nitrogens with one attached hydrogen (secondary N) is 1. The van der Waals surface area contributed by atoms with Gasteiger partial charge in [-0.3, -0.25) is 0 Å². The summed E-state index contributed by atoms with van der Waals surface area (Å²) >= 11 is 18.2. The van der Waals surface area contributed by atoms with Gasteiger partial charge in [0.1, 0.15) is 0 Å². The smallest absolute Gasteiger partial charge is 0.0929 e. The first-order chi connectivity index (χ1) is 9.99. The van der Waals surface area contributed by atoms with Gasteiger partial charge in [0.2, 0.25) is 0 Å². The Labute approximate surface area is 139 Å². The molecule has 0 bridgehead atoms. The lowest BCUT2D eigenvalue weighted by molar-refractivity contribution is 0.171. The van der Waals surface area contributed by atoms with Gasteiger partial charge in [0.05, 0.1) is 6.10 Å². The van der Waals surface area contributed by atoms with Crippen molar-refractivity contribution in [3.8, 4) is 0 Å². The maximum absolute atomic E-state index is 10.3. The molecule has 0 amide bonds. The first kappa shape index (κ1) is 16.6. The highest BCUT2D eigenvalue weighted by Gasteiger charge is 2.15. The molecule has 0 saturated heterocycles. The predicted octanol–water partition coefficient (Wildman–Crippen LogP) is 5.03. The molecular weight excluding hydrogens is 329 g/mol. The van der Waals surface area contributed by atoms with Crippen LogP contribution in [-0.2, 0) is 0 Å². The van der Waals surface area contributed by atoms with Gasteiger partial charge >= 0.3 is 0 Å². The van der Waals surface area contributed by atoms with Gasteiger partial charge in [0.25, 0.3) is 0 Å². The zero-order valence-electron chi connectivity index (χ0n) is 11.5. The molecule has 21 heavy (non-hydrogen) atoms. The van der Waals surface area contributed by atoms with E-state index in [9.17, 15) is 5.11 Å². The van der Waals surface area contributed by atoms with Crippen molar-refractivity contribution < 1.29 is 5.11 Å². The van der Waals surface area contributed by atoms with Crippen LogP contribution in [0.5, 0.6) is 0 Å². The Morgan fingerprint density at radius 1 is 1.00 bits per heavy atom.